The van der Waals surface area contributed by atoms with Crippen molar-refractivity contribution < 1.29 is 0 Å². The number of para-hydroxylation sites is 1. The topological polar surface area (TPSA) is 24.1 Å². The van der Waals surface area contributed by atoms with Crippen molar-refractivity contribution in [1.29, 1.82) is 0 Å². The number of hydrogen-bond acceptors (Lipinski definition) is 2. The summed E-state index contributed by atoms with van der Waals surface area (Å²) in [5, 5.41) is 6.28. The highest BCUT2D eigenvalue weighted by Crippen LogP contribution is 2.11. The van der Waals surface area contributed by atoms with Crippen LogP contribution in [0.4, 0.5) is 5.69 Å². The Kier molecular flexibility index (Phi) is 2.93. The van der Waals surface area contributed by atoms with Gasteiger partial charge in [0.05, 0.1) is 6.67 Å². The predicted molar refractivity (Wildman–Crippen MR) is 48.7 cm³/mol. The van der Waals surface area contributed by atoms with E-state index in [1.165, 1.54) is 11.3 Å². The largest absolute Gasteiger partial charge is 0.372 e. The fourth-order valence-corrected chi connectivity index (χ4v) is 0.955. The van der Waals surface area contributed by atoms with Gasteiger partial charge in [-0.3, -0.25) is 0 Å². The lowest BCUT2D eigenvalue weighted by atomic mass is 10.2. The second-order valence-corrected chi connectivity index (χ2v) is 2.52. The molecule has 0 bridgehead atoms. The summed E-state index contributed by atoms with van der Waals surface area (Å²) in [5.41, 5.74) is 2.48. The van der Waals surface area contributed by atoms with Crippen molar-refractivity contribution in [1.82, 2.24) is 5.32 Å². The molecule has 0 fully saturated rings. The van der Waals surface area contributed by atoms with Crippen molar-refractivity contribution >= 4 is 5.69 Å². The minimum atomic E-state index is 0.810. The van der Waals surface area contributed by atoms with Gasteiger partial charge >= 0.3 is 0 Å². The van der Waals surface area contributed by atoms with E-state index in [1.54, 1.807) is 0 Å². The Morgan fingerprint density at radius 1 is 1.27 bits per heavy atom. The molecule has 11 heavy (non-hydrogen) atoms. The van der Waals surface area contributed by atoms with Gasteiger partial charge in [0.1, 0.15) is 0 Å². The molecule has 0 aliphatic carbocycles. The van der Waals surface area contributed by atoms with Crippen LogP contribution < -0.4 is 10.6 Å². The molecule has 1 aromatic carbocycles. The molecule has 1 aromatic rings. The van der Waals surface area contributed by atoms with Gasteiger partial charge in [-0.05, 0) is 25.6 Å². The van der Waals surface area contributed by atoms with E-state index in [2.05, 4.69) is 29.7 Å². The highest BCUT2D eigenvalue weighted by atomic mass is 15.0. The van der Waals surface area contributed by atoms with E-state index in [4.69, 9.17) is 0 Å². The molecule has 60 valence electrons. The number of aryl methyl sites for hydroxylation is 1. The third kappa shape index (κ3) is 2.24. The molecule has 0 amide bonds. The minimum absolute atomic E-state index is 0.810. The van der Waals surface area contributed by atoms with Crippen LogP contribution in [0.3, 0.4) is 0 Å². The van der Waals surface area contributed by atoms with Crippen molar-refractivity contribution in [3.05, 3.63) is 29.8 Å². The Morgan fingerprint density at radius 2 is 2.00 bits per heavy atom. The van der Waals surface area contributed by atoms with Gasteiger partial charge in [0.15, 0.2) is 0 Å². The molecule has 2 heteroatoms. The number of rotatable bonds is 3. The Hall–Kier alpha value is -1.02. The number of benzene rings is 1. The fourth-order valence-electron chi connectivity index (χ4n) is 0.955. The quantitative estimate of drug-likeness (QED) is 0.639. The lowest BCUT2D eigenvalue weighted by Gasteiger charge is -2.07. The Bertz CT molecular complexity index is 221. The molecule has 2 nitrogen and oxygen atoms in total. The summed E-state index contributed by atoms with van der Waals surface area (Å²) in [6, 6.07) is 8.25. The number of anilines is 1. The first-order chi connectivity index (χ1) is 5.34. The molecule has 1 rings (SSSR count). The molecule has 0 saturated heterocycles. The maximum absolute atomic E-state index is 3.25. The maximum Gasteiger partial charge on any atom is 0.0650 e. The van der Waals surface area contributed by atoms with E-state index in [0.29, 0.717) is 0 Å². The van der Waals surface area contributed by atoms with Crippen LogP contribution >= 0.6 is 0 Å². The number of hydrogen-bond donors (Lipinski definition) is 2. The summed E-state index contributed by atoms with van der Waals surface area (Å²) in [6.07, 6.45) is 0. The first-order valence-corrected chi connectivity index (χ1v) is 3.78. The predicted octanol–water partition coefficient (Wildman–Crippen LogP) is 1.58. The molecule has 2 N–H and O–H groups in total. The summed E-state index contributed by atoms with van der Waals surface area (Å²) in [5.74, 6) is 0. The first kappa shape index (κ1) is 8.08. The summed E-state index contributed by atoms with van der Waals surface area (Å²) in [7, 11) is 1.92. The van der Waals surface area contributed by atoms with Crippen LogP contribution in [-0.2, 0) is 0 Å². The van der Waals surface area contributed by atoms with Gasteiger partial charge in [0.25, 0.3) is 0 Å². The Morgan fingerprint density at radius 3 is 2.64 bits per heavy atom. The van der Waals surface area contributed by atoms with Gasteiger partial charge in [0.2, 0.25) is 0 Å². The zero-order valence-corrected chi connectivity index (χ0v) is 7.02. The van der Waals surface area contributed by atoms with Crippen LogP contribution in [0.25, 0.3) is 0 Å². The van der Waals surface area contributed by atoms with Crippen LogP contribution in [0.15, 0.2) is 24.3 Å². The van der Waals surface area contributed by atoms with Crippen LogP contribution in [-0.4, -0.2) is 13.7 Å². The van der Waals surface area contributed by atoms with E-state index in [1.807, 2.05) is 19.2 Å². The van der Waals surface area contributed by atoms with Gasteiger partial charge < -0.3 is 10.6 Å². The lowest BCUT2D eigenvalue weighted by molar-refractivity contribution is 0.873. The Labute approximate surface area is 67.6 Å². The van der Waals surface area contributed by atoms with E-state index in [9.17, 15) is 0 Å². The molecule has 0 heterocycles. The van der Waals surface area contributed by atoms with Crippen LogP contribution in [0.1, 0.15) is 5.56 Å². The van der Waals surface area contributed by atoms with Crippen molar-refractivity contribution in [2.24, 2.45) is 0 Å². The van der Waals surface area contributed by atoms with Crippen molar-refractivity contribution in [2.45, 2.75) is 6.92 Å². The van der Waals surface area contributed by atoms with Gasteiger partial charge in [-0.2, -0.15) is 0 Å². The molecule has 0 radical (unpaired) electrons. The third-order valence-electron chi connectivity index (χ3n) is 1.60. The van der Waals surface area contributed by atoms with Crippen molar-refractivity contribution in [3.8, 4) is 0 Å². The van der Waals surface area contributed by atoms with E-state index in [-0.39, 0.29) is 0 Å². The minimum Gasteiger partial charge on any atom is -0.372 e. The van der Waals surface area contributed by atoms with Crippen molar-refractivity contribution in [3.63, 3.8) is 0 Å². The molecule has 0 aliphatic heterocycles. The Balaban J connectivity index is 2.62. The van der Waals surface area contributed by atoms with Gasteiger partial charge in [0, 0.05) is 5.69 Å². The van der Waals surface area contributed by atoms with Gasteiger partial charge in [-0.1, -0.05) is 18.2 Å². The van der Waals surface area contributed by atoms with E-state index >= 15 is 0 Å². The van der Waals surface area contributed by atoms with Crippen LogP contribution in [0, 0.1) is 6.92 Å². The molecule has 0 saturated carbocycles. The molecule has 0 spiro atoms. The normalized spacial score (nSPS) is 9.64. The fraction of sp³-hybridized carbons (Fsp3) is 0.333. The standard InChI is InChI=1S/C9H14N2/c1-8-5-3-4-6-9(8)11-7-10-2/h3-6,10-11H,7H2,1-2H3. The molecule has 0 atom stereocenters. The molecule has 0 aromatic heterocycles. The van der Waals surface area contributed by atoms with Crippen LogP contribution in [0.2, 0.25) is 0 Å². The number of nitrogens with one attached hydrogen (secondary N) is 2. The second-order valence-electron chi connectivity index (χ2n) is 2.52. The summed E-state index contributed by atoms with van der Waals surface area (Å²) >= 11 is 0. The van der Waals surface area contributed by atoms with E-state index in [0.717, 1.165) is 6.67 Å². The monoisotopic (exact) mass is 150 g/mol. The van der Waals surface area contributed by atoms with Crippen LogP contribution in [0.5, 0.6) is 0 Å². The second kappa shape index (κ2) is 3.98. The summed E-state index contributed by atoms with van der Waals surface area (Å²) in [4.78, 5) is 0. The SMILES string of the molecule is CNCNc1ccccc1C. The first-order valence-electron chi connectivity index (χ1n) is 3.78. The lowest BCUT2D eigenvalue weighted by Crippen LogP contribution is -2.17. The highest BCUT2D eigenvalue weighted by Gasteiger charge is 1.91. The average molecular weight is 150 g/mol. The molecular formula is C9H14N2. The van der Waals surface area contributed by atoms with E-state index < -0.39 is 0 Å². The molecular weight excluding hydrogens is 136 g/mol. The average Bonchev–Trinajstić information content (AvgIpc) is 2.03. The van der Waals surface area contributed by atoms with Gasteiger partial charge in [-0.25, -0.2) is 0 Å². The zero-order chi connectivity index (χ0) is 8.10. The third-order valence-corrected chi connectivity index (χ3v) is 1.60. The smallest absolute Gasteiger partial charge is 0.0650 e. The summed E-state index contributed by atoms with van der Waals surface area (Å²) in [6.45, 7) is 2.91. The molecule has 0 unspecified atom stereocenters. The zero-order valence-electron chi connectivity index (χ0n) is 7.02. The summed E-state index contributed by atoms with van der Waals surface area (Å²) < 4.78 is 0. The maximum atomic E-state index is 3.25. The van der Waals surface area contributed by atoms with Crippen molar-refractivity contribution in [2.75, 3.05) is 19.0 Å². The highest BCUT2D eigenvalue weighted by molar-refractivity contribution is 5.49. The molecule has 0 aliphatic rings. The van der Waals surface area contributed by atoms with Gasteiger partial charge in [-0.15, -0.1) is 0 Å².